The molecule has 0 aliphatic carbocycles. The molecule has 0 amide bonds. The van der Waals surface area contributed by atoms with Gasteiger partial charge in [0.25, 0.3) is 0 Å². The van der Waals surface area contributed by atoms with Gasteiger partial charge in [-0.1, -0.05) is 48.5 Å². The van der Waals surface area contributed by atoms with Crippen molar-refractivity contribution >= 4 is 16.7 Å². The molecule has 3 N–H and O–H groups in total. The van der Waals surface area contributed by atoms with Crippen molar-refractivity contribution in [2.24, 2.45) is 0 Å². The summed E-state index contributed by atoms with van der Waals surface area (Å²) in [6, 6.07) is 25.7. The maximum atomic E-state index is 12.2. The summed E-state index contributed by atoms with van der Waals surface area (Å²) in [6.07, 6.45) is 0.946. The van der Waals surface area contributed by atoms with Gasteiger partial charge in [0.15, 0.2) is 5.43 Å². The number of pyridine rings is 1. The van der Waals surface area contributed by atoms with Crippen LogP contribution in [0.25, 0.3) is 10.9 Å². The van der Waals surface area contributed by atoms with E-state index in [2.05, 4.69) is 39.9 Å². The van der Waals surface area contributed by atoms with Crippen LogP contribution in [0.5, 0.6) is 11.5 Å². The van der Waals surface area contributed by atoms with Crippen LogP contribution in [-0.4, -0.2) is 24.6 Å². The number of ether oxygens (including phenoxy) is 1. The highest BCUT2D eigenvalue weighted by molar-refractivity contribution is 5.79. The van der Waals surface area contributed by atoms with Gasteiger partial charge < -0.3 is 20.4 Å². The van der Waals surface area contributed by atoms with Crippen molar-refractivity contribution in [2.75, 3.05) is 25.0 Å². The standard InChI is InChI=1S/C26H25N3O2/c30-23-16-26(29-22-11-4-1-10-20(22)23)28-15-7-14-27-17-21-18-8-2-5-12-24(18)31-25-13-6-3-9-19(21)25/h1-6,8-13,16,21,27H,7,14-15,17H2,(H2,28,29,30). The largest absolute Gasteiger partial charge is 0.457 e. The summed E-state index contributed by atoms with van der Waals surface area (Å²) in [5.41, 5.74) is 3.33. The fourth-order valence-electron chi connectivity index (χ4n) is 4.20. The summed E-state index contributed by atoms with van der Waals surface area (Å²) < 4.78 is 6.07. The zero-order valence-corrected chi connectivity index (χ0v) is 17.2. The zero-order chi connectivity index (χ0) is 21.0. The van der Waals surface area contributed by atoms with Crippen LogP contribution in [0.4, 0.5) is 5.82 Å². The normalized spacial score (nSPS) is 12.8. The highest BCUT2D eigenvalue weighted by atomic mass is 16.5. The van der Waals surface area contributed by atoms with Gasteiger partial charge in [0.1, 0.15) is 17.3 Å². The second-order valence-corrected chi connectivity index (χ2v) is 7.81. The first-order chi connectivity index (χ1) is 15.3. The Bertz CT molecular complexity index is 1220. The van der Waals surface area contributed by atoms with Crippen LogP contribution in [0.1, 0.15) is 23.5 Å². The summed E-state index contributed by atoms with van der Waals surface area (Å²) in [5, 5.41) is 7.64. The predicted octanol–water partition coefficient (Wildman–Crippen LogP) is 4.86. The molecular formula is C26H25N3O2. The molecule has 0 saturated carbocycles. The summed E-state index contributed by atoms with van der Waals surface area (Å²) >= 11 is 0. The zero-order valence-electron chi connectivity index (χ0n) is 17.2. The molecule has 0 bridgehead atoms. The number of hydrogen-bond donors (Lipinski definition) is 3. The Morgan fingerprint density at radius 3 is 2.29 bits per heavy atom. The number of aromatic nitrogens is 1. The van der Waals surface area contributed by atoms with E-state index >= 15 is 0 Å². The molecule has 1 aliphatic rings. The molecule has 0 atom stereocenters. The van der Waals surface area contributed by atoms with Crippen LogP contribution in [0, 0.1) is 0 Å². The van der Waals surface area contributed by atoms with Gasteiger partial charge in [0.2, 0.25) is 0 Å². The Morgan fingerprint density at radius 1 is 0.839 bits per heavy atom. The van der Waals surface area contributed by atoms with Gasteiger partial charge >= 0.3 is 0 Å². The van der Waals surface area contributed by atoms with Crippen molar-refractivity contribution in [1.29, 1.82) is 0 Å². The summed E-state index contributed by atoms with van der Waals surface area (Å²) in [5.74, 6) is 2.91. The topological polar surface area (TPSA) is 66.2 Å². The highest BCUT2D eigenvalue weighted by Gasteiger charge is 2.26. The minimum atomic E-state index is 0.0341. The van der Waals surface area contributed by atoms with Crippen molar-refractivity contribution in [3.05, 3.63) is 100 Å². The van der Waals surface area contributed by atoms with Crippen LogP contribution in [0.15, 0.2) is 83.7 Å². The number of fused-ring (bicyclic) bond motifs is 3. The molecule has 0 fully saturated rings. The van der Waals surface area contributed by atoms with Crippen molar-refractivity contribution in [1.82, 2.24) is 10.3 Å². The number of aromatic amines is 1. The van der Waals surface area contributed by atoms with Crippen molar-refractivity contribution in [3.8, 4) is 11.5 Å². The fraction of sp³-hybridized carbons (Fsp3) is 0.192. The lowest BCUT2D eigenvalue weighted by atomic mass is 9.88. The van der Waals surface area contributed by atoms with Gasteiger partial charge in [-0.15, -0.1) is 0 Å². The Kier molecular flexibility index (Phi) is 5.42. The van der Waals surface area contributed by atoms with Gasteiger partial charge in [-0.05, 0) is 37.2 Å². The van der Waals surface area contributed by atoms with E-state index in [4.69, 9.17) is 4.74 Å². The molecule has 0 spiro atoms. The number of anilines is 1. The smallest absolute Gasteiger partial charge is 0.191 e. The summed E-state index contributed by atoms with van der Waals surface area (Å²) in [7, 11) is 0. The third kappa shape index (κ3) is 4.05. The molecule has 156 valence electrons. The molecule has 1 aromatic heterocycles. The Hall–Kier alpha value is -3.57. The van der Waals surface area contributed by atoms with Crippen LogP contribution in [0.2, 0.25) is 0 Å². The molecule has 5 nitrogen and oxygen atoms in total. The average Bonchev–Trinajstić information content (AvgIpc) is 2.80. The van der Waals surface area contributed by atoms with Crippen LogP contribution >= 0.6 is 0 Å². The maximum absolute atomic E-state index is 12.2. The molecule has 31 heavy (non-hydrogen) atoms. The monoisotopic (exact) mass is 411 g/mol. The molecule has 5 heteroatoms. The van der Waals surface area contributed by atoms with E-state index < -0.39 is 0 Å². The highest BCUT2D eigenvalue weighted by Crippen LogP contribution is 2.43. The number of rotatable bonds is 7. The van der Waals surface area contributed by atoms with Crippen molar-refractivity contribution < 1.29 is 4.74 Å². The second kappa shape index (κ2) is 8.66. The van der Waals surface area contributed by atoms with Gasteiger partial charge in [0, 0.05) is 41.6 Å². The number of H-pyrrole nitrogens is 1. The average molecular weight is 412 g/mol. The minimum Gasteiger partial charge on any atom is -0.457 e. The third-order valence-electron chi connectivity index (χ3n) is 5.74. The Balaban J connectivity index is 1.17. The maximum Gasteiger partial charge on any atom is 0.191 e. The van der Waals surface area contributed by atoms with Crippen LogP contribution in [-0.2, 0) is 0 Å². The predicted molar refractivity (Wildman–Crippen MR) is 125 cm³/mol. The molecular weight excluding hydrogens is 386 g/mol. The van der Waals surface area contributed by atoms with Crippen molar-refractivity contribution in [2.45, 2.75) is 12.3 Å². The van der Waals surface area contributed by atoms with Gasteiger partial charge in [-0.2, -0.15) is 0 Å². The number of para-hydroxylation sites is 3. The van der Waals surface area contributed by atoms with Gasteiger partial charge in [-0.25, -0.2) is 0 Å². The second-order valence-electron chi connectivity index (χ2n) is 7.81. The third-order valence-corrected chi connectivity index (χ3v) is 5.74. The Morgan fingerprint density at radius 2 is 1.52 bits per heavy atom. The van der Waals surface area contributed by atoms with E-state index in [-0.39, 0.29) is 11.3 Å². The van der Waals surface area contributed by atoms with Gasteiger partial charge in [0.05, 0.1) is 5.52 Å². The number of benzene rings is 3. The molecule has 1 aliphatic heterocycles. The Labute approximate surface area is 181 Å². The number of hydrogen-bond acceptors (Lipinski definition) is 4. The SMILES string of the molecule is O=c1cc(NCCCNCC2c3ccccc3Oc3ccccc32)[nH]c2ccccc12. The first-order valence-corrected chi connectivity index (χ1v) is 10.7. The lowest BCUT2D eigenvalue weighted by Crippen LogP contribution is -2.26. The van der Waals surface area contributed by atoms with Crippen LogP contribution in [0.3, 0.4) is 0 Å². The summed E-state index contributed by atoms with van der Waals surface area (Å²) in [6.45, 7) is 2.51. The molecule has 2 heterocycles. The van der Waals surface area contributed by atoms with E-state index in [1.807, 2.05) is 48.5 Å². The van der Waals surface area contributed by atoms with Crippen LogP contribution < -0.4 is 20.8 Å². The van der Waals surface area contributed by atoms with E-state index in [1.54, 1.807) is 6.07 Å². The molecule has 3 aromatic carbocycles. The summed E-state index contributed by atoms with van der Waals surface area (Å²) in [4.78, 5) is 15.5. The van der Waals surface area contributed by atoms with E-state index in [1.165, 1.54) is 11.1 Å². The molecule has 5 rings (SSSR count). The molecule has 0 unspecified atom stereocenters. The quantitative estimate of drug-likeness (QED) is 0.380. The van der Waals surface area contributed by atoms with Gasteiger partial charge in [-0.3, -0.25) is 4.79 Å². The van der Waals surface area contributed by atoms with Crippen molar-refractivity contribution in [3.63, 3.8) is 0 Å². The fourth-order valence-corrected chi connectivity index (χ4v) is 4.20. The van der Waals surface area contributed by atoms with E-state index in [0.717, 1.165) is 48.9 Å². The van der Waals surface area contributed by atoms with E-state index in [9.17, 15) is 4.79 Å². The lowest BCUT2D eigenvalue weighted by Gasteiger charge is -2.28. The minimum absolute atomic E-state index is 0.0341. The lowest BCUT2D eigenvalue weighted by molar-refractivity contribution is 0.440. The first kappa shape index (κ1) is 19.4. The molecule has 0 radical (unpaired) electrons. The van der Waals surface area contributed by atoms with E-state index in [0.29, 0.717) is 5.39 Å². The molecule has 0 saturated heterocycles. The first-order valence-electron chi connectivity index (χ1n) is 10.7. The number of nitrogens with one attached hydrogen (secondary N) is 3. The molecule has 4 aromatic rings.